The number of carbonyl (C=O) groups is 1. The molecule has 1 amide bonds. The predicted octanol–water partition coefficient (Wildman–Crippen LogP) is 0.470. The van der Waals surface area contributed by atoms with Crippen molar-refractivity contribution in [2.75, 3.05) is 19.7 Å². The van der Waals surface area contributed by atoms with Gasteiger partial charge in [-0.3, -0.25) is 9.78 Å². The van der Waals surface area contributed by atoms with Gasteiger partial charge in [0.1, 0.15) is 17.5 Å². The van der Waals surface area contributed by atoms with Gasteiger partial charge in [-0.05, 0) is 32.0 Å². The van der Waals surface area contributed by atoms with Crippen LogP contribution in [0.3, 0.4) is 0 Å². The van der Waals surface area contributed by atoms with Crippen LogP contribution in [0.5, 0.6) is 5.75 Å². The van der Waals surface area contributed by atoms with Crippen molar-refractivity contribution < 1.29 is 14.3 Å². The Kier molecular flexibility index (Phi) is 3.58. The molecule has 1 aromatic rings. The van der Waals surface area contributed by atoms with E-state index in [0.717, 1.165) is 32.4 Å². The first-order chi connectivity index (χ1) is 9.67. The molecule has 2 aliphatic heterocycles. The van der Waals surface area contributed by atoms with Crippen molar-refractivity contribution >= 4 is 5.91 Å². The molecule has 0 aromatic carbocycles. The topological polar surface area (TPSA) is 86.5 Å². The van der Waals surface area contributed by atoms with Gasteiger partial charge in [0, 0.05) is 18.7 Å². The number of carbonyl (C=O) groups excluding carboxylic acids is 1. The van der Waals surface area contributed by atoms with Gasteiger partial charge >= 0.3 is 0 Å². The van der Waals surface area contributed by atoms with Crippen LogP contribution < -0.4 is 15.8 Å². The molecule has 0 radical (unpaired) electrons. The Hall–Kier alpha value is -1.66. The van der Waals surface area contributed by atoms with E-state index >= 15 is 0 Å². The summed E-state index contributed by atoms with van der Waals surface area (Å²) in [6.07, 6.45) is 4.50. The second-order valence-corrected chi connectivity index (χ2v) is 5.43. The minimum atomic E-state index is -0.548. The van der Waals surface area contributed by atoms with Crippen LogP contribution in [0.15, 0.2) is 18.3 Å². The van der Waals surface area contributed by atoms with Gasteiger partial charge in [-0.1, -0.05) is 0 Å². The first-order valence-electron chi connectivity index (χ1n) is 6.94. The third-order valence-corrected chi connectivity index (χ3v) is 3.98. The number of piperidine rings is 1. The minimum Gasteiger partial charge on any atom is -0.488 e. The lowest BCUT2D eigenvalue weighted by atomic mass is 9.89. The number of rotatable bonds is 3. The standard InChI is InChI=1S/C14H19N3O3/c15-13(18)12-7-10(1-4-17-12)20-11-8-14(19-9-11)2-5-16-6-3-14/h1,4,7,11,16H,2-3,5-6,8-9H2,(H2,15,18). The first-order valence-corrected chi connectivity index (χ1v) is 6.94. The molecule has 2 aliphatic rings. The zero-order chi connectivity index (χ0) is 14.0. The second-order valence-electron chi connectivity index (χ2n) is 5.43. The SMILES string of the molecule is NC(=O)c1cc(OC2COC3(CCNCC3)C2)ccn1. The number of hydrogen-bond donors (Lipinski definition) is 2. The largest absolute Gasteiger partial charge is 0.488 e. The van der Waals surface area contributed by atoms with E-state index in [0.29, 0.717) is 12.4 Å². The lowest BCUT2D eigenvalue weighted by Crippen LogP contribution is -2.41. The summed E-state index contributed by atoms with van der Waals surface area (Å²) in [5.41, 5.74) is 5.40. The van der Waals surface area contributed by atoms with E-state index in [1.807, 2.05) is 0 Å². The average Bonchev–Trinajstić information content (AvgIpc) is 2.82. The molecule has 1 unspecified atom stereocenters. The number of primary amides is 1. The van der Waals surface area contributed by atoms with Crippen molar-refractivity contribution in [3.8, 4) is 5.75 Å². The van der Waals surface area contributed by atoms with Gasteiger partial charge in [-0.2, -0.15) is 0 Å². The summed E-state index contributed by atoms with van der Waals surface area (Å²) < 4.78 is 11.9. The molecular formula is C14H19N3O3. The number of amides is 1. The predicted molar refractivity (Wildman–Crippen MR) is 72.6 cm³/mol. The van der Waals surface area contributed by atoms with Crippen molar-refractivity contribution in [3.63, 3.8) is 0 Å². The maximum Gasteiger partial charge on any atom is 0.267 e. The van der Waals surface area contributed by atoms with E-state index < -0.39 is 5.91 Å². The Labute approximate surface area is 117 Å². The summed E-state index contributed by atoms with van der Waals surface area (Å²) >= 11 is 0. The molecule has 108 valence electrons. The van der Waals surface area contributed by atoms with Gasteiger partial charge < -0.3 is 20.5 Å². The number of hydrogen-bond acceptors (Lipinski definition) is 5. The van der Waals surface area contributed by atoms with Crippen molar-refractivity contribution in [3.05, 3.63) is 24.0 Å². The lowest BCUT2D eigenvalue weighted by Gasteiger charge is -2.32. The molecule has 20 heavy (non-hydrogen) atoms. The molecule has 2 fully saturated rings. The molecule has 1 aromatic heterocycles. The van der Waals surface area contributed by atoms with Crippen LogP contribution in [-0.2, 0) is 4.74 Å². The summed E-state index contributed by atoms with van der Waals surface area (Å²) in [4.78, 5) is 15.0. The lowest BCUT2D eigenvalue weighted by molar-refractivity contribution is -0.0205. The van der Waals surface area contributed by atoms with Gasteiger partial charge in [-0.15, -0.1) is 0 Å². The van der Waals surface area contributed by atoms with Crippen molar-refractivity contribution in [2.45, 2.75) is 31.0 Å². The molecule has 6 heteroatoms. The number of nitrogens with two attached hydrogens (primary N) is 1. The molecule has 3 heterocycles. The molecule has 0 bridgehead atoms. The second kappa shape index (κ2) is 5.38. The first kappa shape index (κ1) is 13.3. The summed E-state index contributed by atoms with van der Waals surface area (Å²) in [6.45, 7) is 2.58. The smallest absolute Gasteiger partial charge is 0.267 e. The van der Waals surface area contributed by atoms with Gasteiger partial charge in [0.25, 0.3) is 5.91 Å². The number of ether oxygens (including phenoxy) is 2. The van der Waals surface area contributed by atoms with E-state index in [1.54, 1.807) is 12.1 Å². The summed E-state index contributed by atoms with van der Waals surface area (Å²) in [5, 5.41) is 3.34. The van der Waals surface area contributed by atoms with E-state index in [4.69, 9.17) is 15.2 Å². The Morgan fingerprint density at radius 1 is 1.50 bits per heavy atom. The Morgan fingerprint density at radius 2 is 2.30 bits per heavy atom. The normalized spacial score (nSPS) is 24.7. The van der Waals surface area contributed by atoms with Crippen molar-refractivity contribution in [1.29, 1.82) is 0 Å². The molecule has 1 atom stereocenters. The number of pyridine rings is 1. The maximum atomic E-state index is 11.1. The third kappa shape index (κ3) is 2.76. The fraction of sp³-hybridized carbons (Fsp3) is 0.571. The highest BCUT2D eigenvalue weighted by atomic mass is 16.6. The maximum absolute atomic E-state index is 11.1. The van der Waals surface area contributed by atoms with Crippen LogP contribution in [0.4, 0.5) is 0 Å². The Bertz CT molecular complexity index is 500. The number of nitrogens with zero attached hydrogens (tertiary/aromatic N) is 1. The van der Waals surface area contributed by atoms with Gasteiger partial charge in [-0.25, -0.2) is 0 Å². The molecule has 1 spiro atoms. The zero-order valence-corrected chi connectivity index (χ0v) is 11.3. The van der Waals surface area contributed by atoms with E-state index in [1.165, 1.54) is 6.20 Å². The van der Waals surface area contributed by atoms with Crippen LogP contribution >= 0.6 is 0 Å². The van der Waals surface area contributed by atoms with Gasteiger partial charge in [0.15, 0.2) is 0 Å². The highest BCUT2D eigenvalue weighted by molar-refractivity contribution is 5.91. The van der Waals surface area contributed by atoms with Crippen LogP contribution in [0.2, 0.25) is 0 Å². The minimum absolute atomic E-state index is 0.0243. The molecular weight excluding hydrogens is 258 g/mol. The number of nitrogens with one attached hydrogen (secondary N) is 1. The van der Waals surface area contributed by atoms with Gasteiger partial charge in [0.05, 0.1) is 12.2 Å². The highest BCUT2D eigenvalue weighted by Gasteiger charge is 2.42. The van der Waals surface area contributed by atoms with E-state index in [2.05, 4.69) is 10.3 Å². The van der Waals surface area contributed by atoms with E-state index in [-0.39, 0.29) is 17.4 Å². The zero-order valence-electron chi connectivity index (χ0n) is 11.3. The molecule has 3 rings (SSSR count). The monoisotopic (exact) mass is 277 g/mol. The summed E-state index contributed by atoms with van der Waals surface area (Å²) in [5.74, 6) is 0.0707. The van der Waals surface area contributed by atoms with Gasteiger partial charge in [0.2, 0.25) is 0 Å². The Morgan fingerprint density at radius 3 is 3.05 bits per heavy atom. The fourth-order valence-electron chi connectivity index (χ4n) is 2.92. The summed E-state index contributed by atoms with van der Waals surface area (Å²) in [7, 11) is 0. The quantitative estimate of drug-likeness (QED) is 0.838. The average molecular weight is 277 g/mol. The fourth-order valence-corrected chi connectivity index (χ4v) is 2.92. The summed E-state index contributed by atoms with van der Waals surface area (Å²) in [6, 6.07) is 3.32. The molecule has 0 aliphatic carbocycles. The molecule has 2 saturated heterocycles. The van der Waals surface area contributed by atoms with Crippen LogP contribution in [0.1, 0.15) is 29.8 Å². The van der Waals surface area contributed by atoms with Crippen LogP contribution in [0, 0.1) is 0 Å². The third-order valence-electron chi connectivity index (χ3n) is 3.98. The van der Waals surface area contributed by atoms with Crippen LogP contribution in [-0.4, -0.2) is 42.3 Å². The van der Waals surface area contributed by atoms with Crippen molar-refractivity contribution in [2.24, 2.45) is 5.73 Å². The molecule has 6 nitrogen and oxygen atoms in total. The molecule has 0 saturated carbocycles. The van der Waals surface area contributed by atoms with E-state index in [9.17, 15) is 4.79 Å². The highest BCUT2D eigenvalue weighted by Crippen LogP contribution is 2.35. The molecule has 3 N–H and O–H groups in total. The number of aromatic nitrogens is 1. The Balaban J connectivity index is 1.64. The van der Waals surface area contributed by atoms with Crippen molar-refractivity contribution in [1.82, 2.24) is 10.3 Å². The van der Waals surface area contributed by atoms with Crippen LogP contribution in [0.25, 0.3) is 0 Å².